The van der Waals surface area contributed by atoms with Crippen LogP contribution in [0.4, 0.5) is 11.5 Å². The van der Waals surface area contributed by atoms with E-state index in [1.807, 2.05) is 0 Å². The smallest absolute Gasteiger partial charge is 0.337 e. The van der Waals surface area contributed by atoms with Gasteiger partial charge < -0.3 is 10.8 Å². The zero-order chi connectivity index (χ0) is 14.8. The molecule has 104 valence electrons. The molecule has 0 aliphatic carbocycles. The molecule has 0 aliphatic rings. The Balaban J connectivity index is 2.49. The van der Waals surface area contributed by atoms with E-state index in [4.69, 9.17) is 10.8 Å². The SMILES string of the molecule is Nc1ccc(C(=O)O)c(S(=O)(=O)Nc2ccccn2)c1. The van der Waals surface area contributed by atoms with Crippen molar-refractivity contribution in [2.45, 2.75) is 4.90 Å². The second kappa shape index (κ2) is 5.17. The molecule has 4 N–H and O–H groups in total. The van der Waals surface area contributed by atoms with E-state index < -0.39 is 20.9 Å². The molecule has 20 heavy (non-hydrogen) atoms. The highest BCUT2D eigenvalue weighted by molar-refractivity contribution is 7.92. The van der Waals surface area contributed by atoms with Crippen LogP contribution in [-0.4, -0.2) is 24.5 Å². The Morgan fingerprint density at radius 2 is 2.00 bits per heavy atom. The topological polar surface area (TPSA) is 122 Å². The number of hydrogen-bond donors (Lipinski definition) is 3. The summed E-state index contributed by atoms with van der Waals surface area (Å²) >= 11 is 0. The third kappa shape index (κ3) is 2.86. The first-order chi connectivity index (χ1) is 9.40. The van der Waals surface area contributed by atoms with Crippen LogP contribution < -0.4 is 10.5 Å². The van der Waals surface area contributed by atoms with Gasteiger partial charge in [-0.2, -0.15) is 0 Å². The highest BCUT2D eigenvalue weighted by atomic mass is 32.2. The van der Waals surface area contributed by atoms with Crippen LogP contribution in [0, 0.1) is 0 Å². The Morgan fingerprint density at radius 3 is 2.60 bits per heavy atom. The van der Waals surface area contributed by atoms with Crippen LogP contribution in [0.1, 0.15) is 10.4 Å². The van der Waals surface area contributed by atoms with Crippen LogP contribution in [0.25, 0.3) is 0 Å². The number of nitrogens with two attached hydrogens (primary N) is 1. The quantitative estimate of drug-likeness (QED) is 0.727. The zero-order valence-corrected chi connectivity index (χ0v) is 11.0. The summed E-state index contributed by atoms with van der Waals surface area (Å²) in [6, 6.07) is 8.23. The van der Waals surface area contributed by atoms with Crippen LogP contribution in [-0.2, 0) is 10.0 Å². The van der Waals surface area contributed by atoms with Gasteiger partial charge >= 0.3 is 5.97 Å². The van der Waals surface area contributed by atoms with Crippen LogP contribution in [0.5, 0.6) is 0 Å². The summed E-state index contributed by atoms with van der Waals surface area (Å²) in [6.07, 6.45) is 1.41. The number of anilines is 2. The minimum atomic E-state index is -4.08. The van der Waals surface area contributed by atoms with Crippen molar-refractivity contribution in [1.29, 1.82) is 0 Å². The molecule has 8 heteroatoms. The third-order valence-corrected chi connectivity index (χ3v) is 3.82. The van der Waals surface area contributed by atoms with Gasteiger partial charge in [0.2, 0.25) is 0 Å². The summed E-state index contributed by atoms with van der Waals surface area (Å²) in [6.45, 7) is 0. The normalized spacial score (nSPS) is 11.0. The van der Waals surface area contributed by atoms with E-state index in [-0.39, 0.29) is 17.1 Å². The maximum atomic E-state index is 12.2. The number of aromatic nitrogens is 1. The van der Waals surface area contributed by atoms with Crippen molar-refractivity contribution in [2.24, 2.45) is 0 Å². The maximum absolute atomic E-state index is 12.2. The van der Waals surface area contributed by atoms with Crippen LogP contribution in [0.2, 0.25) is 0 Å². The number of hydrogen-bond acceptors (Lipinski definition) is 5. The number of nitrogens with one attached hydrogen (secondary N) is 1. The second-order valence-electron chi connectivity index (χ2n) is 3.88. The van der Waals surface area contributed by atoms with E-state index in [0.29, 0.717) is 0 Å². The van der Waals surface area contributed by atoms with Gasteiger partial charge in [0.15, 0.2) is 0 Å². The number of carboxylic acid groups (broad SMARTS) is 1. The van der Waals surface area contributed by atoms with Crippen LogP contribution >= 0.6 is 0 Å². The largest absolute Gasteiger partial charge is 0.478 e. The van der Waals surface area contributed by atoms with Gasteiger partial charge in [-0.3, -0.25) is 4.72 Å². The number of nitrogen functional groups attached to an aromatic ring is 1. The second-order valence-corrected chi connectivity index (χ2v) is 5.53. The third-order valence-electron chi connectivity index (χ3n) is 2.43. The molecular weight excluding hydrogens is 282 g/mol. The van der Waals surface area contributed by atoms with Gasteiger partial charge in [-0.25, -0.2) is 18.2 Å². The lowest BCUT2D eigenvalue weighted by atomic mass is 10.2. The molecule has 0 aliphatic heterocycles. The molecule has 1 heterocycles. The molecule has 0 fully saturated rings. The van der Waals surface area contributed by atoms with Gasteiger partial charge in [-0.15, -0.1) is 0 Å². The first-order valence-electron chi connectivity index (χ1n) is 5.47. The molecule has 1 aromatic heterocycles. The average molecular weight is 293 g/mol. The number of pyridine rings is 1. The van der Waals surface area contributed by atoms with E-state index in [1.165, 1.54) is 18.3 Å². The summed E-state index contributed by atoms with van der Waals surface area (Å²) in [5.74, 6) is -1.27. The lowest BCUT2D eigenvalue weighted by Gasteiger charge is -2.10. The molecule has 0 unspecified atom stereocenters. The van der Waals surface area contributed by atoms with Crippen molar-refractivity contribution in [3.05, 3.63) is 48.2 Å². The molecule has 1 aromatic carbocycles. The Bertz CT molecular complexity index is 745. The van der Waals surface area contributed by atoms with Gasteiger partial charge in [0.05, 0.1) is 5.56 Å². The van der Waals surface area contributed by atoms with Crippen molar-refractivity contribution in [2.75, 3.05) is 10.5 Å². The van der Waals surface area contributed by atoms with E-state index in [9.17, 15) is 13.2 Å². The summed E-state index contributed by atoms with van der Waals surface area (Å²) in [4.78, 5) is 14.5. The van der Waals surface area contributed by atoms with Gasteiger partial charge in [0.25, 0.3) is 10.0 Å². The molecule has 2 rings (SSSR count). The summed E-state index contributed by atoms with van der Waals surface area (Å²) in [5, 5.41) is 9.04. The molecule has 0 saturated heterocycles. The fourth-order valence-electron chi connectivity index (χ4n) is 1.55. The molecule has 0 saturated carbocycles. The lowest BCUT2D eigenvalue weighted by Crippen LogP contribution is -2.17. The zero-order valence-electron chi connectivity index (χ0n) is 10.1. The highest BCUT2D eigenvalue weighted by Gasteiger charge is 2.23. The van der Waals surface area contributed by atoms with E-state index >= 15 is 0 Å². The molecular formula is C12H11N3O4S. The number of rotatable bonds is 4. The molecule has 0 amide bonds. The Morgan fingerprint density at radius 1 is 1.25 bits per heavy atom. The maximum Gasteiger partial charge on any atom is 0.337 e. The molecule has 0 bridgehead atoms. The first kappa shape index (κ1) is 13.8. The minimum absolute atomic E-state index is 0.0891. The lowest BCUT2D eigenvalue weighted by molar-refractivity contribution is 0.0692. The number of aromatic carboxylic acids is 1. The predicted octanol–water partition coefficient (Wildman–Crippen LogP) is 1.16. The predicted molar refractivity (Wildman–Crippen MR) is 72.9 cm³/mol. The average Bonchev–Trinajstić information content (AvgIpc) is 2.39. The minimum Gasteiger partial charge on any atom is -0.478 e. The number of sulfonamides is 1. The summed E-state index contributed by atoms with van der Waals surface area (Å²) < 4.78 is 26.6. The van der Waals surface area contributed by atoms with Gasteiger partial charge in [-0.1, -0.05) is 6.07 Å². The number of carbonyl (C=O) groups is 1. The van der Waals surface area contributed by atoms with E-state index in [1.54, 1.807) is 12.1 Å². The van der Waals surface area contributed by atoms with Crippen molar-refractivity contribution in [1.82, 2.24) is 4.98 Å². The van der Waals surface area contributed by atoms with E-state index in [2.05, 4.69) is 9.71 Å². The monoisotopic (exact) mass is 293 g/mol. The van der Waals surface area contributed by atoms with Crippen LogP contribution in [0.3, 0.4) is 0 Å². The fraction of sp³-hybridized carbons (Fsp3) is 0. The van der Waals surface area contributed by atoms with Gasteiger partial charge in [0, 0.05) is 11.9 Å². The van der Waals surface area contributed by atoms with Crippen molar-refractivity contribution in [3.8, 4) is 0 Å². The number of carboxylic acids is 1. The highest BCUT2D eigenvalue weighted by Crippen LogP contribution is 2.21. The fourth-order valence-corrected chi connectivity index (χ4v) is 2.80. The summed E-state index contributed by atoms with van der Waals surface area (Å²) in [5.41, 5.74) is 5.31. The Hall–Kier alpha value is -2.61. The molecule has 2 aromatic rings. The van der Waals surface area contributed by atoms with Crippen molar-refractivity contribution >= 4 is 27.5 Å². The standard InChI is InChI=1S/C12H11N3O4S/c13-8-4-5-9(12(16)17)10(7-8)20(18,19)15-11-3-1-2-6-14-11/h1-7H,13H2,(H,14,15)(H,16,17). The van der Waals surface area contributed by atoms with Crippen molar-refractivity contribution in [3.63, 3.8) is 0 Å². The molecule has 0 radical (unpaired) electrons. The first-order valence-corrected chi connectivity index (χ1v) is 6.95. The molecule has 0 atom stereocenters. The molecule has 0 spiro atoms. The number of benzene rings is 1. The number of nitrogens with zero attached hydrogens (tertiary/aromatic N) is 1. The Kier molecular flexibility index (Phi) is 3.57. The van der Waals surface area contributed by atoms with Crippen LogP contribution in [0.15, 0.2) is 47.5 Å². The Labute approximate surface area is 115 Å². The van der Waals surface area contributed by atoms with Crippen molar-refractivity contribution < 1.29 is 18.3 Å². The van der Waals surface area contributed by atoms with Gasteiger partial charge in [0.1, 0.15) is 10.7 Å². The van der Waals surface area contributed by atoms with Gasteiger partial charge in [-0.05, 0) is 30.3 Å². The van der Waals surface area contributed by atoms with E-state index in [0.717, 1.165) is 12.1 Å². The summed E-state index contributed by atoms with van der Waals surface area (Å²) in [7, 11) is -4.08. The molecule has 7 nitrogen and oxygen atoms in total.